The van der Waals surface area contributed by atoms with Crippen LogP contribution >= 0.6 is 0 Å². The maximum absolute atomic E-state index is 12.2. The van der Waals surface area contributed by atoms with Crippen molar-refractivity contribution < 1.29 is 23.1 Å². The van der Waals surface area contributed by atoms with Gasteiger partial charge in [0.15, 0.2) is 0 Å². The Morgan fingerprint density at radius 2 is 2.10 bits per heavy atom. The summed E-state index contributed by atoms with van der Waals surface area (Å²) in [5.41, 5.74) is 0. The standard InChI is InChI=1S/C13H23F3N2O2/c1-3-12(20)5-10-4-11(17-8-13(14,15)16)7-18(6-10)9(2)19/h10-12,17,20H,3-8H2,1-2H3. The van der Waals surface area contributed by atoms with Crippen molar-refractivity contribution in [3.63, 3.8) is 0 Å². The average molecular weight is 296 g/mol. The first-order valence-corrected chi connectivity index (χ1v) is 6.95. The monoisotopic (exact) mass is 296 g/mol. The average Bonchev–Trinajstić information content (AvgIpc) is 2.35. The quantitative estimate of drug-likeness (QED) is 0.809. The molecule has 1 amide bonds. The Hall–Kier alpha value is -0.820. The van der Waals surface area contributed by atoms with Crippen LogP contribution in [0.25, 0.3) is 0 Å². The van der Waals surface area contributed by atoms with E-state index in [4.69, 9.17) is 0 Å². The second-order valence-electron chi connectivity index (χ2n) is 5.52. The minimum atomic E-state index is -4.25. The molecule has 0 radical (unpaired) electrons. The molecule has 0 aromatic rings. The van der Waals surface area contributed by atoms with Gasteiger partial charge in [-0.1, -0.05) is 6.92 Å². The topological polar surface area (TPSA) is 52.6 Å². The smallest absolute Gasteiger partial charge is 0.393 e. The molecule has 0 aromatic carbocycles. The minimum absolute atomic E-state index is 0.0355. The number of halogens is 3. The molecule has 20 heavy (non-hydrogen) atoms. The number of carbonyl (C=O) groups excluding carboxylic acids is 1. The first kappa shape index (κ1) is 17.2. The Labute approximate surface area is 117 Å². The van der Waals surface area contributed by atoms with Crippen molar-refractivity contribution in [1.29, 1.82) is 0 Å². The summed E-state index contributed by atoms with van der Waals surface area (Å²) in [5, 5.41) is 12.1. The number of amides is 1. The fourth-order valence-corrected chi connectivity index (χ4v) is 2.59. The molecule has 3 atom stereocenters. The van der Waals surface area contributed by atoms with Crippen LogP contribution in [0.5, 0.6) is 0 Å². The zero-order valence-electron chi connectivity index (χ0n) is 11.9. The van der Waals surface area contributed by atoms with Crippen LogP contribution in [0.3, 0.4) is 0 Å². The van der Waals surface area contributed by atoms with Gasteiger partial charge in [-0.05, 0) is 25.2 Å². The number of nitrogens with zero attached hydrogens (tertiary/aromatic N) is 1. The maximum Gasteiger partial charge on any atom is 0.401 e. The van der Waals surface area contributed by atoms with Gasteiger partial charge >= 0.3 is 6.18 Å². The largest absolute Gasteiger partial charge is 0.401 e. The van der Waals surface area contributed by atoms with Crippen molar-refractivity contribution >= 4 is 5.91 Å². The highest BCUT2D eigenvalue weighted by Gasteiger charge is 2.33. The van der Waals surface area contributed by atoms with Crippen LogP contribution in [0.1, 0.15) is 33.1 Å². The zero-order valence-corrected chi connectivity index (χ0v) is 11.9. The summed E-state index contributed by atoms with van der Waals surface area (Å²) < 4.78 is 36.7. The van der Waals surface area contributed by atoms with E-state index in [0.717, 1.165) is 0 Å². The number of carbonyl (C=O) groups is 1. The molecule has 1 rings (SSSR count). The molecule has 4 nitrogen and oxygen atoms in total. The van der Waals surface area contributed by atoms with E-state index in [1.807, 2.05) is 6.92 Å². The van der Waals surface area contributed by atoms with E-state index in [9.17, 15) is 23.1 Å². The SMILES string of the molecule is CCC(O)CC1CC(NCC(F)(F)F)CN(C(C)=O)C1. The van der Waals surface area contributed by atoms with E-state index >= 15 is 0 Å². The first-order chi connectivity index (χ1) is 9.21. The first-order valence-electron chi connectivity index (χ1n) is 6.95. The second kappa shape index (κ2) is 7.26. The Kier molecular flexibility index (Phi) is 6.26. The number of likely N-dealkylation sites (tertiary alicyclic amines) is 1. The Balaban J connectivity index is 2.58. The van der Waals surface area contributed by atoms with E-state index in [1.54, 1.807) is 4.90 Å². The summed E-state index contributed by atoms with van der Waals surface area (Å²) in [6.07, 6.45) is -3.04. The van der Waals surface area contributed by atoms with Gasteiger partial charge in [0.05, 0.1) is 12.6 Å². The lowest BCUT2D eigenvalue weighted by molar-refractivity contribution is -0.133. The molecule has 1 saturated heterocycles. The third-order valence-corrected chi connectivity index (χ3v) is 3.65. The summed E-state index contributed by atoms with van der Waals surface area (Å²) in [6.45, 7) is 3.03. The highest BCUT2D eigenvalue weighted by atomic mass is 19.4. The number of piperidine rings is 1. The number of hydrogen-bond donors (Lipinski definition) is 2. The number of aliphatic hydroxyl groups is 1. The van der Waals surface area contributed by atoms with Crippen molar-refractivity contribution in [2.24, 2.45) is 5.92 Å². The molecule has 1 aliphatic heterocycles. The highest BCUT2D eigenvalue weighted by molar-refractivity contribution is 5.73. The Morgan fingerprint density at radius 3 is 2.60 bits per heavy atom. The summed E-state index contributed by atoms with van der Waals surface area (Å²) in [7, 11) is 0. The second-order valence-corrected chi connectivity index (χ2v) is 5.52. The number of hydrogen-bond acceptors (Lipinski definition) is 3. The zero-order chi connectivity index (χ0) is 15.3. The molecule has 0 saturated carbocycles. The molecule has 7 heteroatoms. The van der Waals surface area contributed by atoms with Gasteiger partial charge in [-0.15, -0.1) is 0 Å². The van der Waals surface area contributed by atoms with E-state index < -0.39 is 18.8 Å². The summed E-state index contributed by atoms with van der Waals surface area (Å²) >= 11 is 0. The normalized spacial score (nSPS) is 25.6. The number of rotatable bonds is 5. The van der Waals surface area contributed by atoms with Crippen molar-refractivity contribution in [2.75, 3.05) is 19.6 Å². The van der Waals surface area contributed by atoms with Crippen molar-refractivity contribution in [3.8, 4) is 0 Å². The van der Waals surface area contributed by atoms with Crippen LogP contribution in [0.2, 0.25) is 0 Å². The minimum Gasteiger partial charge on any atom is -0.393 e. The molecule has 0 aromatic heterocycles. The lowest BCUT2D eigenvalue weighted by atomic mass is 9.89. The highest BCUT2D eigenvalue weighted by Crippen LogP contribution is 2.23. The molecule has 0 bridgehead atoms. The van der Waals surface area contributed by atoms with E-state index in [0.29, 0.717) is 32.4 Å². The molecule has 118 valence electrons. The van der Waals surface area contributed by atoms with Crippen LogP contribution in [0, 0.1) is 5.92 Å². The number of aliphatic hydroxyl groups excluding tert-OH is 1. The van der Waals surface area contributed by atoms with E-state index in [2.05, 4.69) is 5.32 Å². The molecule has 3 unspecified atom stereocenters. The fraction of sp³-hybridized carbons (Fsp3) is 0.923. The Morgan fingerprint density at radius 1 is 1.45 bits per heavy atom. The van der Waals surface area contributed by atoms with Gasteiger partial charge in [-0.25, -0.2) is 0 Å². The molecular formula is C13H23F3N2O2. The van der Waals surface area contributed by atoms with Crippen molar-refractivity contribution in [1.82, 2.24) is 10.2 Å². The van der Waals surface area contributed by atoms with Crippen molar-refractivity contribution in [2.45, 2.75) is 51.4 Å². The summed E-state index contributed by atoms with van der Waals surface area (Å²) in [5.74, 6) is -0.104. The van der Waals surface area contributed by atoms with Gasteiger partial charge < -0.3 is 15.3 Å². The molecule has 0 aliphatic carbocycles. The third-order valence-electron chi connectivity index (χ3n) is 3.65. The molecule has 1 fully saturated rings. The van der Waals surface area contributed by atoms with E-state index in [-0.39, 0.29) is 17.9 Å². The predicted octanol–water partition coefficient (Wildman–Crippen LogP) is 1.54. The van der Waals surface area contributed by atoms with Gasteiger partial charge in [0.1, 0.15) is 0 Å². The van der Waals surface area contributed by atoms with Crippen molar-refractivity contribution in [3.05, 3.63) is 0 Å². The van der Waals surface area contributed by atoms with E-state index in [1.165, 1.54) is 6.92 Å². The van der Waals surface area contributed by atoms with Gasteiger partial charge in [0.25, 0.3) is 0 Å². The molecule has 1 aliphatic rings. The van der Waals surface area contributed by atoms with Crippen LogP contribution in [0.15, 0.2) is 0 Å². The molecule has 2 N–H and O–H groups in total. The van der Waals surface area contributed by atoms with Crippen LogP contribution in [0.4, 0.5) is 13.2 Å². The fourth-order valence-electron chi connectivity index (χ4n) is 2.59. The summed E-state index contributed by atoms with van der Waals surface area (Å²) in [4.78, 5) is 13.0. The number of nitrogens with one attached hydrogen (secondary N) is 1. The van der Waals surface area contributed by atoms with Gasteiger partial charge in [0.2, 0.25) is 5.91 Å². The molecular weight excluding hydrogens is 273 g/mol. The van der Waals surface area contributed by atoms with Crippen LogP contribution < -0.4 is 5.32 Å². The third kappa shape index (κ3) is 6.09. The molecule has 0 spiro atoms. The van der Waals surface area contributed by atoms with Crippen LogP contribution in [-0.4, -0.2) is 53.9 Å². The maximum atomic E-state index is 12.2. The lowest BCUT2D eigenvalue weighted by Crippen LogP contribution is -2.52. The lowest BCUT2D eigenvalue weighted by Gasteiger charge is -2.38. The van der Waals surface area contributed by atoms with Gasteiger partial charge in [-0.2, -0.15) is 13.2 Å². The van der Waals surface area contributed by atoms with Crippen LogP contribution in [-0.2, 0) is 4.79 Å². The summed E-state index contributed by atoms with van der Waals surface area (Å²) in [6, 6.07) is -0.372. The predicted molar refractivity (Wildman–Crippen MR) is 69.1 cm³/mol. The molecule has 1 heterocycles. The van der Waals surface area contributed by atoms with Gasteiger partial charge in [-0.3, -0.25) is 4.79 Å². The van der Waals surface area contributed by atoms with Gasteiger partial charge in [0, 0.05) is 26.1 Å². The Bertz CT molecular complexity index is 323. The number of alkyl halides is 3.